The van der Waals surface area contributed by atoms with E-state index >= 15 is 0 Å². The number of carbonyl (C=O) groups is 2. The Morgan fingerprint density at radius 3 is 2.71 bits per heavy atom. The lowest BCUT2D eigenvalue weighted by Gasteiger charge is -2.22. The van der Waals surface area contributed by atoms with Gasteiger partial charge >= 0.3 is 0 Å². The smallest absolute Gasteiger partial charge is 0.174 e. The fraction of sp³-hybridized carbons (Fsp3) is 0.400. The number of allylic oxidation sites excluding steroid dienone is 4. The number of fused-ring (bicyclic) bond motifs is 5. The van der Waals surface area contributed by atoms with Gasteiger partial charge in [-0.15, -0.1) is 0 Å². The molecule has 0 aromatic carbocycles. The Morgan fingerprint density at radius 2 is 2.07 bits per heavy atom. The molecular weight excluding hydrogens is 312 g/mol. The first kappa shape index (κ1) is 9.04. The van der Waals surface area contributed by atoms with Crippen molar-refractivity contribution in [2.24, 2.45) is 17.8 Å². The molecule has 0 N–H and O–H groups in total. The van der Waals surface area contributed by atoms with Crippen molar-refractivity contribution < 1.29 is 9.59 Å². The van der Waals surface area contributed by atoms with Gasteiger partial charge in [0.25, 0.3) is 0 Å². The minimum absolute atomic E-state index is 0.00637. The molecule has 1 fully saturated rings. The predicted octanol–water partition coefficient (Wildman–Crippen LogP) is 1.98. The normalized spacial score (nSPS) is 48.7. The van der Waals surface area contributed by atoms with Crippen LogP contribution in [0.5, 0.6) is 0 Å². The molecule has 0 heterocycles. The van der Waals surface area contributed by atoms with Crippen LogP contribution in [0.3, 0.4) is 0 Å². The molecule has 3 aliphatic carbocycles. The summed E-state index contributed by atoms with van der Waals surface area (Å²) < 4.78 is 0.0191. The van der Waals surface area contributed by atoms with Crippen LogP contribution in [0.2, 0.25) is 0 Å². The lowest BCUT2D eigenvalue weighted by atomic mass is 9.85. The van der Waals surface area contributed by atoms with E-state index in [4.69, 9.17) is 0 Å². The topological polar surface area (TPSA) is 34.1 Å². The summed E-state index contributed by atoms with van der Waals surface area (Å²) in [6.07, 6.45) is 5.61. The molecule has 1 saturated carbocycles. The fourth-order valence-corrected chi connectivity index (χ4v) is 4.04. The first-order valence-corrected chi connectivity index (χ1v) is 5.98. The number of Topliss-reactive ketones (excluding diaryl/α,β-unsaturated/α-hetero) is 2. The standard InChI is InChI=1S/C10H6Br2O2/c11-6-3-5-7(8(6)13)4-1-2-10(5,12)9(4)14/h1-5,7H/t4-,5-,7-,10-/m0/s1. The van der Waals surface area contributed by atoms with Crippen molar-refractivity contribution in [3.05, 3.63) is 22.7 Å². The quantitative estimate of drug-likeness (QED) is 0.506. The maximum Gasteiger partial charge on any atom is 0.174 e. The molecule has 0 amide bonds. The minimum Gasteiger partial charge on any atom is -0.297 e. The van der Waals surface area contributed by atoms with E-state index in [0.29, 0.717) is 4.48 Å². The third kappa shape index (κ3) is 0.784. The van der Waals surface area contributed by atoms with Crippen molar-refractivity contribution >= 4 is 43.4 Å². The minimum atomic E-state index is -0.604. The first-order valence-electron chi connectivity index (χ1n) is 4.40. The summed E-state index contributed by atoms with van der Waals surface area (Å²) in [6.45, 7) is 0. The zero-order valence-corrected chi connectivity index (χ0v) is 10.2. The number of ketones is 2. The third-order valence-corrected chi connectivity index (χ3v) is 5.19. The van der Waals surface area contributed by atoms with Gasteiger partial charge in [-0.05, 0) is 15.9 Å². The molecule has 0 spiro atoms. The molecule has 14 heavy (non-hydrogen) atoms. The lowest BCUT2D eigenvalue weighted by Crippen LogP contribution is -2.29. The molecule has 0 radical (unpaired) electrons. The van der Waals surface area contributed by atoms with Gasteiger partial charge in [0.1, 0.15) is 4.32 Å². The molecule has 0 aromatic heterocycles. The first-order chi connectivity index (χ1) is 6.55. The molecular formula is C10H6Br2O2. The predicted molar refractivity (Wildman–Crippen MR) is 58.3 cm³/mol. The van der Waals surface area contributed by atoms with Gasteiger partial charge in [0.2, 0.25) is 0 Å². The number of alkyl halides is 1. The van der Waals surface area contributed by atoms with Gasteiger partial charge < -0.3 is 0 Å². The van der Waals surface area contributed by atoms with Crippen LogP contribution in [0.15, 0.2) is 22.7 Å². The summed E-state index contributed by atoms with van der Waals surface area (Å²) in [6, 6.07) is 0. The largest absolute Gasteiger partial charge is 0.297 e. The number of hydrogen-bond donors (Lipinski definition) is 0. The number of hydrogen-bond acceptors (Lipinski definition) is 2. The van der Waals surface area contributed by atoms with E-state index in [-0.39, 0.29) is 29.3 Å². The molecule has 0 saturated heterocycles. The van der Waals surface area contributed by atoms with Crippen molar-refractivity contribution in [3.63, 3.8) is 0 Å². The highest BCUT2D eigenvalue weighted by Gasteiger charge is 2.63. The molecule has 3 aliphatic rings. The van der Waals surface area contributed by atoms with Crippen molar-refractivity contribution in [1.82, 2.24) is 0 Å². The van der Waals surface area contributed by atoms with E-state index in [1.54, 1.807) is 0 Å². The Balaban J connectivity index is 2.18. The summed E-state index contributed by atoms with van der Waals surface area (Å²) in [5.41, 5.74) is 0. The van der Waals surface area contributed by atoms with Gasteiger partial charge in [0.15, 0.2) is 11.6 Å². The van der Waals surface area contributed by atoms with E-state index in [9.17, 15) is 9.59 Å². The fourth-order valence-electron chi connectivity index (χ4n) is 2.66. The molecule has 0 unspecified atom stereocenters. The molecule has 4 atom stereocenters. The monoisotopic (exact) mass is 316 g/mol. The zero-order valence-electron chi connectivity index (χ0n) is 7.04. The van der Waals surface area contributed by atoms with Gasteiger partial charge in [0.05, 0.1) is 4.48 Å². The van der Waals surface area contributed by atoms with Crippen LogP contribution in [0.4, 0.5) is 0 Å². The van der Waals surface area contributed by atoms with Gasteiger partial charge in [0, 0.05) is 17.8 Å². The van der Waals surface area contributed by atoms with E-state index in [1.807, 2.05) is 18.2 Å². The SMILES string of the molecule is O=C1C(Br)=C[C@H]2[C@@H]1[C@@H]1C=C[C@@]2(Br)C1=O. The second-order valence-electron chi connectivity index (χ2n) is 3.95. The van der Waals surface area contributed by atoms with E-state index in [0.717, 1.165) is 0 Å². The Labute approximate surface area is 97.7 Å². The molecule has 72 valence electrons. The van der Waals surface area contributed by atoms with Crippen LogP contribution in [0, 0.1) is 17.8 Å². The Hall–Kier alpha value is -0.220. The molecule has 0 aromatic rings. The second kappa shape index (κ2) is 2.47. The summed E-state index contributed by atoms with van der Waals surface area (Å²) in [7, 11) is 0. The third-order valence-electron chi connectivity index (χ3n) is 3.35. The van der Waals surface area contributed by atoms with Crippen LogP contribution in [0.1, 0.15) is 0 Å². The van der Waals surface area contributed by atoms with Gasteiger partial charge in [-0.1, -0.05) is 34.2 Å². The average Bonchev–Trinajstić information content (AvgIpc) is 2.65. The average molecular weight is 318 g/mol. The lowest BCUT2D eigenvalue weighted by molar-refractivity contribution is -0.124. The van der Waals surface area contributed by atoms with Crippen LogP contribution in [-0.2, 0) is 9.59 Å². The van der Waals surface area contributed by atoms with E-state index in [1.165, 1.54) is 0 Å². The molecule has 0 aliphatic heterocycles. The Kier molecular flexibility index (Phi) is 1.60. The van der Waals surface area contributed by atoms with Crippen molar-refractivity contribution in [1.29, 1.82) is 0 Å². The van der Waals surface area contributed by atoms with Crippen molar-refractivity contribution in [3.8, 4) is 0 Å². The van der Waals surface area contributed by atoms with E-state index < -0.39 is 4.32 Å². The summed E-state index contributed by atoms with van der Waals surface area (Å²) in [5, 5.41) is 0. The summed E-state index contributed by atoms with van der Waals surface area (Å²) >= 11 is 6.70. The molecule has 2 bridgehead atoms. The maximum atomic E-state index is 11.8. The van der Waals surface area contributed by atoms with Crippen LogP contribution >= 0.6 is 31.9 Å². The molecule has 4 heteroatoms. The molecule has 2 nitrogen and oxygen atoms in total. The molecule has 3 rings (SSSR count). The van der Waals surface area contributed by atoms with Gasteiger partial charge in [-0.3, -0.25) is 9.59 Å². The highest BCUT2D eigenvalue weighted by Crippen LogP contribution is 2.57. The summed E-state index contributed by atoms with van der Waals surface area (Å²) in [4.78, 5) is 23.6. The number of halogens is 2. The van der Waals surface area contributed by atoms with Gasteiger partial charge in [-0.2, -0.15) is 0 Å². The van der Waals surface area contributed by atoms with Crippen LogP contribution < -0.4 is 0 Å². The van der Waals surface area contributed by atoms with Crippen LogP contribution in [-0.4, -0.2) is 15.9 Å². The highest BCUT2D eigenvalue weighted by atomic mass is 79.9. The highest BCUT2D eigenvalue weighted by molar-refractivity contribution is 9.12. The van der Waals surface area contributed by atoms with Crippen molar-refractivity contribution in [2.45, 2.75) is 4.32 Å². The summed E-state index contributed by atoms with van der Waals surface area (Å²) in [5.74, 6) is -0.164. The van der Waals surface area contributed by atoms with E-state index in [2.05, 4.69) is 31.9 Å². The second-order valence-corrected chi connectivity index (χ2v) is 6.11. The van der Waals surface area contributed by atoms with Gasteiger partial charge in [-0.25, -0.2) is 0 Å². The number of carbonyl (C=O) groups excluding carboxylic acids is 2. The van der Waals surface area contributed by atoms with Crippen molar-refractivity contribution in [2.75, 3.05) is 0 Å². The van der Waals surface area contributed by atoms with Crippen LogP contribution in [0.25, 0.3) is 0 Å². The number of rotatable bonds is 0. The Bertz CT molecular complexity index is 424. The maximum absolute atomic E-state index is 11.8. The zero-order chi connectivity index (χ0) is 10.1. The Morgan fingerprint density at radius 1 is 1.36 bits per heavy atom.